The molecule has 0 aliphatic heterocycles. The molecule has 3 aromatic carbocycles. The normalized spacial score (nSPS) is 10.2. The van der Waals surface area contributed by atoms with Crippen LogP contribution in [0.15, 0.2) is 72.8 Å². The van der Waals surface area contributed by atoms with Crippen LogP contribution in [0.2, 0.25) is 5.02 Å². The van der Waals surface area contributed by atoms with Gasteiger partial charge in [0.1, 0.15) is 0 Å². The van der Waals surface area contributed by atoms with Crippen LogP contribution in [0.3, 0.4) is 0 Å². The summed E-state index contributed by atoms with van der Waals surface area (Å²) in [7, 11) is 0. The van der Waals surface area contributed by atoms with Gasteiger partial charge in [-0.05, 0) is 30.3 Å². The van der Waals surface area contributed by atoms with Crippen molar-refractivity contribution in [3.8, 4) is 0 Å². The van der Waals surface area contributed by atoms with Crippen molar-refractivity contribution < 1.29 is 24.0 Å². The maximum Gasteiger partial charge on any atom is 0.340 e. The van der Waals surface area contributed by atoms with Gasteiger partial charge in [0.05, 0.1) is 26.9 Å². The van der Waals surface area contributed by atoms with Crippen molar-refractivity contribution in [3.05, 3.63) is 99.1 Å². The summed E-state index contributed by atoms with van der Waals surface area (Å²) in [4.78, 5) is 47.1. The van der Waals surface area contributed by atoms with Crippen molar-refractivity contribution in [1.82, 2.24) is 0 Å². The first-order valence-electron chi connectivity index (χ1n) is 9.21. The zero-order valence-corrected chi connectivity index (χ0v) is 17.2. The molecule has 0 aliphatic carbocycles. The monoisotopic (exact) mass is 453 g/mol. The highest BCUT2D eigenvalue weighted by atomic mass is 35.5. The van der Waals surface area contributed by atoms with E-state index in [2.05, 4.69) is 10.6 Å². The number of nitro benzene ring substituents is 1. The van der Waals surface area contributed by atoms with Gasteiger partial charge in [0.15, 0.2) is 6.61 Å². The van der Waals surface area contributed by atoms with E-state index < -0.39 is 29.3 Å². The standard InChI is InChI=1S/C22H16ClN3O6/c23-17-12-15(26(30)31)10-11-19(17)24-20(27)13-32-22(29)16-8-4-5-9-18(16)25-21(28)14-6-2-1-3-7-14/h1-12H,13H2,(H,24,27)(H,25,28). The zero-order chi connectivity index (χ0) is 23.1. The second kappa shape index (κ2) is 10.2. The number of carbonyl (C=O) groups excluding carboxylic acids is 3. The first kappa shape index (κ1) is 22.4. The van der Waals surface area contributed by atoms with Crippen LogP contribution >= 0.6 is 11.6 Å². The van der Waals surface area contributed by atoms with E-state index in [1.54, 1.807) is 42.5 Å². The van der Waals surface area contributed by atoms with Gasteiger partial charge >= 0.3 is 5.97 Å². The summed E-state index contributed by atoms with van der Waals surface area (Å²) in [6.45, 7) is -0.632. The van der Waals surface area contributed by atoms with Gasteiger partial charge in [-0.2, -0.15) is 0 Å². The van der Waals surface area contributed by atoms with Gasteiger partial charge in [0.25, 0.3) is 17.5 Å². The van der Waals surface area contributed by atoms with Gasteiger partial charge in [-0.3, -0.25) is 19.7 Å². The molecule has 9 nitrogen and oxygen atoms in total. The molecule has 0 spiro atoms. The third-order valence-electron chi connectivity index (χ3n) is 4.20. The maximum absolute atomic E-state index is 12.5. The van der Waals surface area contributed by atoms with Crippen LogP contribution in [0.1, 0.15) is 20.7 Å². The number of ether oxygens (including phenoxy) is 1. The number of hydrogen-bond donors (Lipinski definition) is 2. The topological polar surface area (TPSA) is 128 Å². The number of benzene rings is 3. The molecule has 0 heterocycles. The SMILES string of the molecule is O=C(COC(=O)c1ccccc1NC(=O)c1ccccc1)Nc1ccc([N+](=O)[O-])cc1Cl. The third-order valence-corrected chi connectivity index (χ3v) is 4.52. The Balaban J connectivity index is 1.62. The summed E-state index contributed by atoms with van der Waals surface area (Å²) >= 11 is 5.93. The van der Waals surface area contributed by atoms with Crippen molar-refractivity contribution in [3.63, 3.8) is 0 Å². The minimum absolute atomic E-state index is 0.0344. The number of amides is 2. The molecule has 0 aromatic heterocycles. The van der Waals surface area contributed by atoms with E-state index in [0.29, 0.717) is 5.56 Å². The fraction of sp³-hybridized carbons (Fsp3) is 0.0455. The van der Waals surface area contributed by atoms with E-state index in [-0.39, 0.29) is 27.6 Å². The Morgan fingerprint density at radius 1 is 0.906 bits per heavy atom. The Kier molecular flexibility index (Phi) is 7.14. The summed E-state index contributed by atoms with van der Waals surface area (Å²) < 4.78 is 5.04. The Bertz CT molecular complexity index is 1180. The summed E-state index contributed by atoms with van der Waals surface area (Å²) in [6, 6.07) is 18.2. The maximum atomic E-state index is 12.5. The van der Waals surface area contributed by atoms with Gasteiger partial charge < -0.3 is 15.4 Å². The van der Waals surface area contributed by atoms with Crippen LogP contribution in [-0.2, 0) is 9.53 Å². The van der Waals surface area contributed by atoms with Gasteiger partial charge in [-0.1, -0.05) is 41.9 Å². The number of anilines is 2. The molecule has 10 heteroatoms. The second-order valence-electron chi connectivity index (χ2n) is 6.41. The Hall–Kier alpha value is -4.24. The van der Waals surface area contributed by atoms with E-state index in [4.69, 9.17) is 16.3 Å². The number of carbonyl (C=O) groups is 3. The van der Waals surface area contributed by atoms with Crippen molar-refractivity contribution in [2.24, 2.45) is 0 Å². The van der Waals surface area contributed by atoms with Crippen LogP contribution in [-0.4, -0.2) is 29.3 Å². The Labute approximate surface area is 187 Å². The number of nitro groups is 1. The molecule has 0 bridgehead atoms. The number of non-ortho nitro benzene ring substituents is 1. The van der Waals surface area contributed by atoms with E-state index in [0.717, 1.165) is 6.07 Å². The molecule has 3 aromatic rings. The number of hydrogen-bond acceptors (Lipinski definition) is 6. The number of nitrogens with zero attached hydrogens (tertiary/aromatic N) is 1. The number of nitrogens with one attached hydrogen (secondary N) is 2. The van der Waals surface area contributed by atoms with Crippen LogP contribution < -0.4 is 10.6 Å². The fourth-order valence-corrected chi connectivity index (χ4v) is 2.89. The predicted molar refractivity (Wildman–Crippen MR) is 118 cm³/mol. The number of rotatable bonds is 7. The average Bonchev–Trinajstić information content (AvgIpc) is 2.79. The molecule has 0 aliphatic rings. The highest BCUT2D eigenvalue weighted by Crippen LogP contribution is 2.26. The smallest absolute Gasteiger partial charge is 0.340 e. The lowest BCUT2D eigenvalue weighted by Crippen LogP contribution is -2.22. The molecule has 0 radical (unpaired) electrons. The minimum atomic E-state index is -0.820. The average molecular weight is 454 g/mol. The third kappa shape index (κ3) is 5.67. The van der Waals surface area contributed by atoms with Crippen LogP contribution in [0, 0.1) is 10.1 Å². The molecule has 2 amide bonds. The van der Waals surface area contributed by atoms with Gasteiger partial charge in [-0.15, -0.1) is 0 Å². The molecule has 3 rings (SSSR count). The van der Waals surface area contributed by atoms with Gasteiger partial charge in [0, 0.05) is 17.7 Å². The molecule has 0 unspecified atom stereocenters. The molecular weight excluding hydrogens is 438 g/mol. The lowest BCUT2D eigenvalue weighted by atomic mass is 10.1. The van der Waals surface area contributed by atoms with Crippen molar-refractivity contribution in [2.45, 2.75) is 0 Å². The first-order chi connectivity index (χ1) is 15.3. The van der Waals surface area contributed by atoms with Gasteiger partial charge in [0.2, 0.25) is 0 Å². The Morgan fingerprint density at radius 2 is 1.59 bits per heavy atom. The van der Waals surface area contributed by atoms with Crippen LogP contribution in [0.4, 0.5) is 17.1 Å². The molecule has 0 fully saturated rings. The van der Waals surface area contributed by atoms with Crippen LogP contribution in [0.25, 0.3) is 0 Å². The zero-order valence-electron chi connectivity index (χ0n) is 16.4. The molecule has 0 atom stereocenters. The Morgan fingerprint density at radius 3 is 2.28 bits per heavy atom. The molecule has 162 valence electrons. The van der Waals surface area contributed by atoms with Crippen molar-refractivity contribution >= 4 is 46.4 Å². The van der Waals surface area contributed by atoms with Crippen molar-refractivity contribution in [2.75, 3.05) is 17.2 Å². The number of para-hydroxylation sites is 1. The van der Waals surface area contributed by atoms with E-state index in [1.165, 1.54) is 24.3 Å². The molecule has 2 N–H and O–H groups in total. The lowest BCUT2D eigenvalue weighted by Gasteiger charge is -2.11. The summed E-state index contributed by atoms with van der Waals surface area (Å²) in [5.74, 6) is -1.92. The summed E-state index contributed by atoms with van der Waals surface area (Å²) in [5.41, 5.74) is 0.612. The first-order valence-corrected chi connectivity index (χ1v) is 9.59. The molecule has 32 heavy (non-hydrogen) atoms. The van der Waals surface area contributed by atoms with Gasteiger partial charge in [-0.25, -0.2) is 4.79 Å². The largest absolute Gasteiger partial charge is 0.452 e. The molecule has 0 saturated heterocycles. The highest BCUT2D eigenvalue weighted by molar-refractivity contribution is 6.34. The molecular formula is C22H16ClN3O6. The summed E-state index contributed by atoms with van der Waals surface area (Å²) in [5, 5.41) is 15.8. The molecule has 0 saturated carbocycles. The number of esters is 1. The van der Waals surface area contributed by atoms with Crippen molar-refractivity contribution in [1.29, 1.82) is 0 Å². The summed E-state index contributed by atoms with van der Waals surface area (Å²) in [6.07, 6.45) is 0. The lowest BCUT2D eigenvalue weighted by molar-refractivity contribution is -0.384. The highest BCUT2D eigenvalue weighted by Gasteiger charge is 2.17. The predicted octanol–water partition coefficient (Wildman–Crippen LogP) is 4.30. The second-order valence-corrected chi connectivity index (χ2v) is 6.82. The minimum Gasteiger partial charge on any atom is -0.452 e. The van der Waals surface area contributed by atoms with E-state index in [9.17, 15) is 24.5 Å². The van der Waals surface area contributed by atoms with Crippen LogP contribution in [0.5, 0.6) is 0 Å². The number of halogens is 1. The van der Waals surface area contributed by atoms with E-state index >= 15 is 0 Å². The van der Waals surface area contributed by atoms with E-state index in [1.807, 2.05) is 0 Å². The fourth-order valence-electron chi connectivity index (χ4n) is 2.67. The quantitative estimate of drug-likeness (QED) is 0.312.